The van der Waals surface area contributed by atoms with Gasteiger partial charge in [-0.15, -0.1) is 11.3 Å². The summed E-state index contributed by atoms with van der Waals surface area (Å²) in [6.07, 6.45) is 0. The van der Waals surface area contributed by atoms with E-state index in [1.54, 1.807) is 11.3 Å². The Bertz CT molecular complexity index is 3140. The SMILES string of the molecule is c1ccc(-c2nc(-c3ccc4c(c3)sc3ccccc34)nc(-c3cccc4c3oc3c4ccc4c5ccccc5n(-c5ccccc5)c43)n2)cc1. The molecule has 0 aliphatic heterocycles. The molecule has 11 rings (SSSR count). The summed E-state index contributed by atoms with van der Waals surface area (Å²) in [7, 11) is 0. The number of hydrogen-bond donors (Lipinski definition) is 0. The summed E-state index contributed by atoms with van der Waals surface area (Å²) in [6, 6.07) is 54.9. The first-order valence-electron chi connectivity index (χ1n) is 16.9. The van der Waals surface area contributed by atoms with E-state index in [1.807, 2.05) is 36.4 Å². The topological polar surface area (TPSA) is 56.7 Å². The molecule has 0 atom stereocenters. The lowest BCUT2D eigenvalue weighted by Gasteiger charge is -2.09. The van der Waals surface area contributed by atoms with Crippen molar-refractivity contribution in [1.82, 2.24) is 19.5 Å². The van der Waals surface area contributed by atoms with Gasteiger partial charge in [0.1, 0.15) is 5.58 Å². The molecular formula is C45H26N4OS. The summed E-state index contributed by atoms with van der Waals surface area (Å²) in [6.45, 7) is 0. The minimum atomic E-state index is 0.569. The van der Waals surface area contributed by atoms with Gasteiger partial charge in [-0.1, -0.05) is 115 Å². The van der Waals surface area contributed by atoms with Gasteiger partial charge in [-0.3, -0.25) is 0 Å². The number of nitrogens with zero attached hydrogens (tertiary/aromatic N) is 4. The van der Waals surface area contributed by atoms with Crippen LogP contribution in [0, 0.1) is 0 Å². The molecule has 0 radical (unpaired) electrons. The van der Waals surface area contributed by atoms with Crippen molar-refractivity contribution >= 4 is 75.3 Å². The van der Waals surface area contributed by atoms with Crippen molar-refractivity contribution < 1.29 is 4.42 Å². The lowest BCUT2D eigenvalue weighted by molar-refractivity contribution is 0.671. The van der Waals surface area contributed by atoms with E-state index in [0.717, 1.165) is 60.7 Å². The summed E-state index contributed by atoms with van der Waals surface area (Å²) in [5.41, 5.74) is 7.54. The van der Waals surface area contributed by atoms with Gasteiger partial charge in [-0.25, -0.2) is 15.0 Å². The zero-order valence-electron chi connectivity index (χ0n) is 27.1. The fourth-order valence-corrected chi connectivity index (χ4v) is 8.68. The van der Waals surface area contributed by atoms with E-state index in [0.29, 0.717) is 17.5 Å². The molecule has 51 heavy (non-hydrogen) atoms. The summed E-state index contributed by atoms with van der Waals surface area (Å²) in [5.74, 6) is 1.81. The number of para-hydroxylation sites is 3. The highest BCUT2D eigenvalue weighted by Crippen LogP contribution is 2.43. The van der Waals surface area contributed by atoms with Gasteiger partial charge in [0.2, 0.25) is 0 Å². The maximum Gasteiger partial charge on any atom is 0.167 e. The third kappa shape index (κ3) is 4.30. The fraction of sp³-hybridized carbons (Fsp3) is 0. The Hall–Kier alpha value is -6.63. The maximum atomic E-state index is 7.01. The predicted octanol–water partition coefficient (Wildman–Crippen LogP) is 12.2. The van der Waals surface area contributed by atoms with E-state index in [4.69, 9.17) is 19.4 Å². The molecule has 7 aromatic carbocycles. The molecule has 0 amide bonds. The Labute approximate surface area is 295 Å². The molecule has 0 spiro atoms. The van der Waals surface area contributed by atoms with Crippen LogP contribution >= 0.6 is 11.3 Å². The van der Waals surface area contributed by atoms with Crippen molar-refractivity contribution in [3.63, 3.8) is 0 Å². The van der Waals surface area contributed by atoms with Crippen LogP contribution in [0.25, 0.3) is 104 Å². The first-order valence-corrected chi connectivity index (χ1v) is 17.8. The largest absolute Gasteiger partial charge is 0.453 e. The summed E-state index contributed by atoms with van der Waals surface area (Å²) in [5, 5.41) is 6.90. The lowest BCUT2D eigenvalue weighted by Crippen LogP contribution is -2.00. The molecular weight excluding hydrogens is 645 g/mol. The lowest BCUT2D eigenvalue weighted by atomic mass is 10.1. The van der Waals surface area contributed by atoms with Crippen LogP contribution in [-0.4, -0.2) is 19.5 Å². The normalized spacial score (nSPS) is 11.9. The first-order chi connectivity index (χ1) is 25.3. The molecule has 4 heterocycles. The van der Waals surface area contributed by atoms with Crippen LogP contribution < -0.4 is 0 Å². The summed E-state index contributed by atoms with van der Waals surface area (Å²) >= 11 is 1.79. The Kier molecular flexibility index (Phi) is 6.05. The smallest absolute Gasteiger partial charge is 0.167 e. The highest BCUT2D eigenvalue weighted by Gasteiger charge is 2.22. The number of benzene rings is 7. The minimum absolute atomic E-state index is 0.569. The Morgan fingerprint density at radius 3 is 1.92 bits per heavy atom. The van der Waals surface area contributed by atoms with Crippen LogP contribution in [0.4, 0.5) is 0 Å². The van der Waals surface area contributed by atoms with Crippen molar-refractivity contribution in [3.8, 4) is 39.9 Å². The monoisotopic (exact) mass is 670 g/mol. The zero-order valence-corrected chi connectivity index (χ0v) is 27.9. The quantitative estimate of drug-likeness (QED) is 0.187. The third-order valence-corrected chi connectivity index (χ3v) is 11.0. The van der Waals surface area contributed by atoms with Gasteiger partial charge in [0, 0.05) is 58.5 Å². The van der Waals surface area contributed by atoms with Crippen LogP contribution in [-0.2, 0) is 0 Å². The van der Waals surface area contributed by atoms with Gasteiger partial charge in [0.25, 0.3) is 0 Å². The van der Waals surface area contributed by atoms with E-state index in [2.05, 4.69) is 126 Å². The fourth-order valence-electron chi connectivity index (χ4n) is 7.53. The molecule has 0 N–H and O–H groups in total. The second kappa shape index (κ2) is 10.9. The summed E-state index contributed by atoms with van der Waals surface area (Å²) in [4.78, 5) is 15.3. The van der Waals surface area contributed by atoms with Crippen molar-refractivity contribution in [2.24, 2.45) is 0 Å². The third-order valence-electron chi connectivity index (χ3n) is 9.86. The van der Waals surface area contributed by atoms with E-state index < -0.39 is 0 Å². The number of fused-ring (bicyclic) bond motifs is 10. The van der Waals surface area contributed by atoms with E-state index in [9.17, 15) is 0 Å². The van der Waals surface area contributed by atoms with Gasteiger partial charge in [0.05, 0.1) is 16.6 Å². The van der Waals surface area contributed by atoms with Crippen LogP contribution in [0.1, 0.15) is 0 Å². The molecule has 5 nitrogen and oxygen atoms in total. The first kappa shape index (κ1) is 28.2. The number of aromatic nitrogens is 4. The van der Waals surface area contributed by atoms with E-state index >= 15 is 0 Å². The van der Waals surface area contributed by atoms with Crippen LogP contribution in [0.2, 0.25) is 0 Å². The van der Waals surface area contributed by atoms with Crippen LogP contribution in [0.3, 0.4) is 0 Å². The van der Waals surface area contributed by atoms with Gasteiger partial charge in [-0.2, -0.15) is 0 Å². The van der Waals surface area contributed by atoms with Crippen molar-refractivity contribution in [2.75, 3.05) is 0 Å². The highest BCUT2D eigenvalue weighted by molar-refractivity contribution is 7.25. The second-order valence-corrected chi connectivity index (χ2v) is 13.9. The average molecular weight is 671 g/mol. The highest BCUT2D eigenvalue weighted by atomic mass is 32.1. The Morgan fingerprint density at radius 2 is 1.06 bits per heavy atom. The van der Waals surface area contributed by atoms with Gasteiger partial charge >= 0.3 is 0 Å². The second-order valence-electron chi connectivity index (χ2n) is 12.8. The molecule has 238 valence electrons. The van der Waals surface area contributed by atoms with Gasteiger partial charge in [0.15, 0.2) is 23.1 Å². The molecule has 0 aliphatic carbocycles. The average Bonchev–Trinajstić information content (AvgIpc) is 3.88. The molecule has 0 bridgehead atoms. The standard InChI is InChI=1S/C45H26N4OS/c1-3-12-27(13-4-1)43-46-44(28-22-23-32-31-17-8-10-21-38(31)51-39(32)26-28)48-45(47-43)36-19-11-18-34-35-25-24-33-30-16-7-9-20-37(30)49(29-14-5-2-6-15-29)40(33)42(35)50-41(34)36/h1-26H. The molecule has 11 aromatic rings. The molecule has 0 saturated carbocycles. The van der Waals surface area contributed by atoms with Crippen molar-refractivity contribution in [1.29, 1.82) is 0 Å². The molecule has 4 aromatic heterocycles. The predicted molar refractivity (Wildman–Crippen MR) is 211 cm³/mol. The molecule has 6 heteroatoms. The zero-order chi connectivity index (χ0) is 33.5. The Balaban J connectivity index is 1.17. The molecule has 0 aliphatic rings. The van der Waals surface area contributed by atoms with Gasteiger partial charge in [-0.05, 0) is 42.5 Å². The number of thiophene rings is 1. The molecule has 0 fully saturated rings. The van der Waals surface area contributed by atoms with Crippen LogP contribution in [0.15, 0.2) is 162 Å². The minimum Gasteiger partial charge on any atom is -0.453 e. The molecule has 0 unspecified atom stereocenters. The number of furan rings is 1. The Morgan fingerprint density at radius 1 is 0.431 bits per heavy atom. The van der Waals surface area contributed by atoms with Gasteiger partial charge < -0.3 is 8.98 Å². The van der Waals surface area contributed by atoms with E-state index in [-0.39, 0.29) is 0 Å². The van der Waals surface area contributed by atoms with Crippen LogP contribution in [0.5, 0.6) is 0 Å². The van der Waals surface area contributed by atoms with Crippen molar-refractivity contribution in [3.05, 3.63) is 158 Å². The molecule has 0 saturated heterocycles. The summed E-state index contributed by atoms with van der Waals surface area (Å²) < 4.78 is 11.8. The maximum absolute atomic E-state index is 7.01. The van der Waals surface area contributed by atoms with E-state index in [1.165, 1.54) is 25.6 Å². The number of rotatable bonds is 4. The van der Waals surface area contributed by atoms with Crippen molar-refractivity contribution in [2.45, 2.75) is 0 Å². The number of hydrogen-bond acceptors (Lipinski definition) is 5.